The molecule has 0 radical (unpaired) electrons. The van der Waals surface area contributed by atoms with E-state index < -0.39 is 5.97 Å². The number of aliphatic carboxylic acids is 1. The molecule has 0 aliphatic heterocycles. The van der Waals surface area contributed by atoms with Crippen LogP contribution in [0.5, 0.6) is 0 Å². The zero-order chi connectivity index (χ0) is 17.9. The first kappa shape index (κ1) is 23.5. The summed E-state index contributed by atoms with van der Waals surface area (Å²) in [7, 11) is 0. The first-order valence-electron chi connectivity index (χ1n) is 10.9. The summed E-state index contributed by atoms with van der Waals surface area (Å²) < 4.78 is 0. The number of hydrogen-bond acceptors (Lipinski definition) is 1. The minimum Gasteiger partial charge on any atom is -0.481 e. The van der Waals surface area contributed by atoms with E-state index in [0.29, 0.717) is 12.3 Å². The summed E-state index contributed by atoms with van der Waals surface area (Å²) in [5, 5.41) is 9.10. The van der Waals surface area contributed by atoms with Crippen LogP contribution in [0.4, 0.5) is 0 Å². The van der Waals surface area contributed by atoms with Crippen molar-refractivity contribution < 1.29 is 9.90 Å². The Morgan fingerprint density at radius 2 is 0.958 bits per heavy atom. The molecule has 2 nitrogen and oxygen atoms in total. The molecule has 1 atom stereocenters. The van der Waals surface area contributed by atoms with E-state index in [0.717, 1.165) is 12.8 Å². The largest absolute Gasteiger partial charge is 0.481 e. The average Bonchev–Trinajstić information content (AvgIpc) is 2.55. The van der Waals surface area contributed by atoms with Crippen LogP contribution in [0, 0.1) is 5.92 Å². The average molecular weight is 341 g/mol. The van der Waals surface area contributed by atoms with Crippen LogP contribution >= 0.6 is 0 Å². The van der Waals surface area contributed by atoms with Gasteiger partial charge in [-0.1, -0.05) is 110 Å². The summed E-state index contributed by atoms with van der Waals surface area (Å²) in [5.41, 5.74) is 0. The summed E-state index contributed by atoms with van der Waals surface area (Å²) in [6.45, 7) is 4.51. The van der Waals surface area contributed by atoms with Gasteiger partial charge < -0.3 is 5.11 Å². The molecule has 0 aliphatic rings. The minimum atomic E-state index is -0.609. The Kier molecular flexibility index (Phi) is 18.4. The molecule has 0 saturated heterocycles. The van der Waals surface area contributed by atoms with Gasteiger partial charge in [-0.2, -0.15) is 0 Å². The van der Waals surface area contributed by atoms with Gasteiger partial charge in [0.2, 0.25) is 0 Å². The number of rotatable bonds is 19. The van der Waals surface area contributed by atoms with Gasteiger partial charge in [0.15, 0.2) is 0 Å². The Hall–Kier alpha value is -0.530. The van der Waals surface area contributed by atoms with Gasteiger partial charge in [-0.05, 0) is 18.8 Å². The van der Waals surface area contributed by atoms with Crippen LogP contribution in [0.25, 0.3) is 0 Å². The molecule has 0 amide bonds. The molecular weight excluding hydrogens is 296 g/mol. The maximum absolute atomic E-state index is 11.0. The van der Waals surface area contributed by atoms with Crippen molar-refractivity contribution in [3.8, 4) is 0 Å². The predicted molar refractivity (Wildman–Crippen MR) is 106 cm³/mol. The molecule has 1 N–H and O–H groups in total. The van der Waals surface area contributed by atoms with Crippen LogP contribution in [0.15, 0.2) is 0 Å². The third-order valence-electron chi connectivity index (χ3n) is 5.15. The Bertz CT molecular complexity index is 263. The standard InChI is InChI=1S/C22H44O2/c1-3-5-7-9-11-12-13-15-17-19-21(20-22(23)24)18-16-14-10-8-6-4-2/h21H,3-20H2,1-2H3,(H,23,24). The zero-order valence-electron chi connectivity index (χ0n) is 16.7. The molecule has 0 spiro atoms. The topological polar surface area (TPSA) is 37.3 Å². The van der Waals surface area contributed by atoms with Crippen LogP contribution in [0.3, 0.4) is 0 Å². The van der Waals surface area contributed by atoms with Gasteiger partial charge in [0.1, 0.15) is 0 Å². The Labute approximate surface area is 151 Å². The van der Waals surface area contributed by atoms with Gasteiger partial charge in [0, 0.05) is 6.42 Å². The fourth-order valence-electron chi connectivity index (χ4n) is 3.55. The molecule has 24 heavy (non-hydrogen) atoms. The lowest BCUT2D eigenvalue weighted by Crippen LogP contribution is -2.08. The van der Waals surface area contributed by atoms with Crippen molar-refractivity contribution in [2.24, 2.45) is 5.92 Å². The van der Waals surface area contributed by atoms with E-state index in [4.69, 9.17) is 5.11 Å². The highest BCUT2D eigenvalue weighted by Crippen LogP contribution is 2.22. The second kappa shape index (κ2) is 18.8. The first-order valence-corrected chi connectivity index (χ1v) is 10.9. The molecule has 144 valence electrons. The van der Waals surface area contributed by atoms with E-state index in [1.165, 1.54) is 96.3 Å². The summed E-state index contributed by atoms with van der Waals surface area (Å²) in [6.07, 6.45) is 22.5. The van der Waals surface area contributed by atoms with E-state index in [9.17, 15) is 4.79 Å². The van der Waals surface area contributed by atoms with Crippen LogP contribution in [0.2, 0.25) is 0 Å². The highest BCUT2D eigenvalue weighted by atomic mass is 16.4. The number of carboxylic acids is 1. The highest BCUT2D eigenvalue weighted by Gasteiger charge is 2.12. The smallest absolute Gasteiger partial charge is 0.303 e. The number of hydrogen-bond donors (Lipinski definition) is 1. The lowest BCUT2D eigenvalue weighted by molar-refractivity contribution is -0.138. The van der Waals surface area contributed by atoms with Crippen molar-refractivity contribution in [3.05, 3.63) is 0 Å². The van der Waals surface area contributed by atoms with E-state index in [-0.39, 0.29) is 0 Å². The number of unbranched alkanes of at least 4 members (excludes halogenated alkanes) is 13. The van der Waals surface area contributed by atoms with Gasteiger partial charge in [0.25, 0.3) is 0 Å². The van der Waals surface area contributed by atoms with E-state index in [2.05, 4.69) is 13.8 Å². The molecule has 0 rings (SSSR count). The van der Waals surface area contributed by atoms with Gasteiger partial charge in [0.05, 0.1) is 0 Å². The molecule has 0 fully saturated rings. The van der Waals surface area contributed by atoms with Crippen molar-refractivity contribution >= 4 is 5.97 Å². The fourth-order valence-corrected chi connectivity index (χ4v) is 3.55. The normalized spacial score (nSPS) is 12.4. The summed E-state index contributed by atoms with van der Waals surface area (Å²) in [5.74, 6) is -0.194. The maximum atomic E-state index is 11.0. The monoisotopic (exact) mass is 340 g/mol. The van der Waals surface area contributed by atoms with Gasteiger partial charge >= 0.3 is 5.97 Å². The Morgan fingerprint density at radius 1 is 0.625 bits per heavy atom. The highest BCUT2D eigenvalue weighted by molar-refractivity contribution is 5.66. The van der Waals surface area contributed by atoms with Crippen molar-refractivity contribution in [2.75, 3.05) is 0 Å². The fraction of sp³-hybridized carbons (Fsp3) is 0.955. The van der Waals surface area contributed by atoms with Gasteiger partial charge in [-0.15, -0.1) is 0 Å². The Morgan fingerprint density at radius 3 is 1.29 bits per heavy atom. The SMILES string of the molecule is CCCCCCCCCCCC(CCCCCCCC)CC(=O)O. The minimum absolute atomic E-state index is 0.381. The summed E-state index contributed by atoms with van der Waals surface area (Å²) >= 11 is 0. The summed E-state index contributed by atoms with van der Waals surface area (Å²) in [6, 6.07) is 0. The van der Waals surface area contributed by atoms with Crippen LogP contribution in [-0.4, -0.2) is 11.1 Å². The second-order valence-corrected chi connectivity index (χ2v) is 7.64. The molecule has 0 aromatic carbocycles. The molecule has 1 unspecified atom stereocenters. The second-order valence-electron chi connectivity index (χ2n) is 7.64. The lowest BCUT2D eigenvalue weighted by atomic mass is 9.91. The van der Waals surface area contributed by atoms with E-state index >= 15 is 0 Å². The van der Waals surface area contributed by atoms with E-state index in [1.54, 1.807) is 0 Å². The molecule has 0 saturated carbocycles. The van der Waals surface area contributed by atoms with Gasteiger partial charge in [-0.3, -0.25) is 4.79 Å². The van der Waals surface area contributed by atoms with Crippen LogP contribution < -0.4 is 0 Å². The van der Waals surface area contributed by atoms with Crippen molar-refractivity contribution in [2.45, 2.75) is 129 Å². The Balaban J connectivity index is 3.59. The van der Waals surface area contributed by atoms with E-state index in [1.807, 2.05) is 0 Å². The molecule has 0 bridgehead atoms. The van der Waals surface area contributed by atoms with Gasteiger partial charge in [-0.25, -0.2) is 0 Å². The van der Waals surface area contributed by atoms with Crippen LogP contribution in [-0.2, 0) is 4.79 Å². The maximum Gasteiger partial charge on any atom is 0.303 e. The molecular formula is C22H44O2. The van der Waals surface area contributed by atoms with Crippen molar-refractivity contribution in [3.63, 3.8) is 0 Å². The molecule has 0 aromatic rings. The first-order chi connectivity index (χ1) is 11.7. The lowest BCUT2D eigenvalue weighted by Gasteiger charge is -2.14. The summed E-state index contributed by atoms with van der Waals surface area (Å²) in [4.78, 5) is 11.0. The molecule has 0 heterocycles. The molecule has 2 heteroatoms. The quantitative estimate of drug-likeness (QED) is 0.244. The molecule has 0 aromatic heterocycles. The molecule has 0 aliphatic carbocycles. The van der Waals surface area contributed by atoms with Crippen molar-refractivity contribution in [1.29, 1.82) is 0 Å². The zero-order valence-corrected chi connectivity index (χ0v) is 16.7. The third-order valence-corrected chi connectivity index (χ3v) is 5.15. The van der Waals surface area contributed by atoms with Crippen LogP contribution in [0.1, 0.15) is 129 Å². The van der Waals surface area contributed by atoms with Crippen molar-refractivity contribution in [1.82, 2.24) is 0 Å². The third kappa shape index (κ3) is 17.8. The number of carboxylic acid groups (broad SMARTS) is 1. The predicted octanol–water partition coefficient (Wildman–Crippen LogP) is 7.75. The number of carbonyl (C=O) groups is 1.